The lowest BCUT2D eigenvalue weighted by Gasteiger charge is -2.12. The molecule has 0 atom stereocenters. The Balaban J connectivity index is 2.05. The fraction of sp³-hybridized carbons (Fsp3) is 0.333. The first-order chi connectivity index (χ1) is 12.9. The van der Waals surface area contributed by atoms with Crippen molar-refractivity contribution in [2.45, 2.75) is 40.0 Å². The van der Waals surface area contributed by atoms with Crippen molar-refractivity contribution in [3.05, 3.63) is 59.1 Å². The summed E-state index contributed by atoms with van der Waals surface area (Å²) in [6, 6.07) is 6.31. The fourth-order valence-electron chi connectivity index (χ4n) is 2.53. The van der Waals surface area contributed by atoms with E-state index in [9.17, 15) is 9.18 Å². The maximum Gasteiger partial charge on any atom is 0.259 e. The van der Waals surface area contributed by atoms with Gasteiger partial charge in [0.25, 0.3) is 5.91 Å². The number of nitrogens with zero attached hydrogens (tertiary/aromatic N) is 1. The molecule has 27 heavy (non-hydrogen) atoms. The summed E-state index contributed by atoms with van der Waals surface area (Å²) in [5.41, 5.74) is 7.68. The van der Waals surface area contributed by atoms with E-state index in [1.165, 1.54) is 6.07 Å². The number of nitrogens with one attached hydrogen (secondary N) is 1. The zero-order valence-electron chi connectivity index (χ0n) is 16.0. The van der Waals surface area contributed by atoms with Crippen molar-refractivity contribution < 1.29 is 13.9 Å². The van der Waals surface area contributed by atoms with E-state index in [1.54, 1.807) is 18.2 Å². The normalized spacial score (nSPS) is 11.0. The molecule has 3 N–H and O–H groups in total. The number of allylic oxidation sites excluding steroid dienone is 2. The first kappa shape index (κ1) is 20.4. The highest BCUT2D eigenvalue weighted by atomic mass is 19.1. The average molecular weight is 371 g/mol. The number of hydrogen-bond acceptors (Lipinski definition) is 4. The number of aryl methyl sites for hydroxylation is 2. The molecule has 0 saturated carbocycles. The van der Waals surface area contributed by atoms with Gasteiger partial charge in [-0.05, 0) is 63.8 Å². The summed E-state index contributed by atoms with van der Waals surface area (Å²) in [6.45, 7) is 6.05. The number of pyridine rings is 1. The number of nitrogens with two attached hydrogens (primary N) is 1. The van der Waals surface area contributed by atoms with Crippen molar-refractivity contribution in [1.29, 1.82) is 0 Å². The number of carbonyl (C=O) groups is 1. The van der Waals surface area contributed by atoms with Gasteiger partial charge in [-0.15, -0.1) is 0 Å². The van der Waals surface area contributed by atoms with Crippen molar-refractivity contribution in [3.63, 3.8) is 0 Å². The Kier molecular flexibility index (Phi) is 7.34. The minimum absolute atomic E-state index is 0.0454. The molecule has 144 valence electrons. The summed E-state index contributed by atoms with van der Waals surface area (Å²) < 4.78 is 20.1. The predicted molar refractivity (Wildman–Crippen MR) is 107 cm³/mol. The van der Waals surface area contributed by atoms with Gasteiger partial charge in [0.05, 0.1) is 17.9 Å². The Bertz CT molecular complexity index is 834. The van der Waals surface area contributed by atoms with Crippen LogP contribution in [0.4, 0.5) is 15.9 Å². The molecule has 2 rings (SSSR count). The summed E-state index contributed by atoms with van der Waals surface area (Å²) in [5.74, 6) is -0.880. The van der Waals surface area contributed by atoms with Gasteiger partial charge >= 0.3 is 0 Å². The number of aromatic nitrogens is 1. The van der Waals surface area contributed by atoms with Crippen LogP contribution < -0.4 is 15.8 Å². The van der Waals surface area contributed by atoms with E-state index in [0.29, 0.717) is 6.61 Å². The highest BCUT2D eigenvalue weighted by Crippen LogP contribution is 2.26. The second kappa shape index (κ2) is 9.71. The maximum atomic E-state index is 14.6. The van der Waals surface area contributed by atoms with Crippen LogP contribution in [0.15, 0.2) is 36.4 Å². The van der Waals surface area contributed by atoms with Crippen LogP contribution in [0, 0.1) is 19.7 Å². The second-order valence-corrected chi connectivity index (χ2v) is 6.31. The van der Waals surface area contributed by atoms with Crippen LogP contribution in [0.1, 0.15) is 47.8 Å². The van der Waals surface area contributed by atoms with Crippen LogP contribution in [-0.2, 0) is 0 Å². The zero-order valence-corrected chi connectivity index (χ0v) is 16.0. The van der Waals surface area contributed by atoms with E-state index in [-0.39, 0.29) is 22.8 Å². The molecule has 0 saturated heterocycles. The number of nitrogen functional groups attached to an aromatic ring is 1. The molecule has 1 amide bonds. The summed E-state index contributed by atoms with van der Waals surface area (Å²) in [7, 11) is 0. The van der Waals surface area contributed by atoms with Crippen LogP contribution in [0.2, 0.25) is 0 Å². The number of halogens is 1. The summed E-state index contributed by atoms with van der Waals surface area (Å²) in [4.78, 5) is 16.6. The number of amides is 1. The van der Waals surface area contributed by atoms with E-state index in [2.05, 4.69) is 16.4 Å². The summed E-state index contributed by atoms with van der Waals surface area (Å²) in [6.07, 6.45) is 6.87. The smallest absolute Gasteiger partial charge is 0.259 e. The SMILES string of the molecule is CC=CCCCCOc1cccc(NC(=O)c2cc(C)c(C)nc2N)c1F. The van der Waals surface area contributed by atoms with Gasteiger partial charge in [-0.25, -0.2) is 9.37 Å². The molecule has 6 heteroatoms. The average Bonchev–Trinajstić information content (AvgIpc) is 2.63. The van der Waals surface area contributed by atoms with Gasteiger partial charge < -0.3 is 15.8 Å². The third kappa shape index (κ3) is 5.54. The first-order valence-corrected chi connectivity index (χ1v) is 9.01. The minimum atomic E-state index is -0.602. The molecule has 5 nitrogen and oxygen atoms in total. The Morgan fingerprint density at radius 2 is 2.11 bits per heavy atom. The molecule has 0 spiro atoms. The van der Waals surface area contributed by atoms with Gasteiger partial charge in [0.1, 0.15) is 5.82 Å². The van der Waals surface area contributed by atoms with Crippen molar-refractivity contribution in [3.8, 4) is 5.75 Å². The highest BCUT2D eigenvalue weighted by molar-refractivity contribution is 6.07. The molecule has 1 heterocycles. The minimum Gasteiger partial charge on any atom is -0.490 e. The zero-order chi connectivity index (χ0) is 19.8. The molecule has 1 aromatic heterocycles. The third-order valence-electron chi connectivity index (χ3n) is 4.21. The van der Waals surface area contributed by atoms with Gasteiger partial charge in [0.2, 0.25) is 0 Å². The number of rotatable bonds is 8. The predicted octanol–water partition coefficient (Wildman–Crippen LogP) is 4.80. The molecule has 0 radical (unpaired) electrons. The Morgan fingerprint density at radius 3 is 2.85 bits per heavy atom. The Morgan fingerprint density at radius 1 is 1.33 bits per heavy atom. The van der Waals surface area contributed by atoms with Crippen LogP contribution in [0.3, 0.4) is 0 Å². The number of ether oxygens (including phenoxy) is 1. The van der Waals surface area contributed by atoms with E-state index in [0.717, 1.165) is 30.5 Å². The fourth-order valence-corrected chi connectivity index (χ4v) is 2.53. The highest BCUT2D eigenvalue weighted by Gasteiger charge is 2.16. The molecule has 2 aromatic rings. The monoisotopic (exact) mass is 371 g/mol. The van der Waals surface area contributed by atoms with E-state index in [1.807, 2.05) is 26.8 Å². The quantitative estimate of drug-likeness (QED) is 0.516. The molecular formula is C21H26FN3O2. The standard InChI is InChI=1S/C21H26FN3O2/c1-4-5-6-7-8-12-27-18-11-9-10-17(19(18)22)25-21(26)16-13-14(2)15(3)24-20(16)23/h4-5,9-11,13H,6-8,12H2,1-3H3,(H2,23,24)(H,25,26). The second-order valence-electron chi connectivity index (χ2n) is 6.31. The Labute approximate surface area is 159 Å². The van der Waals surface area contributed by atoms with Crippen LogP contribution >= 0.6 is 0 Å². The van der Waals surface area contributed by atoms with Gasteiger partial charge in [0, 0.05) is 5.69 Å². The molecule has 0 aliphatic heterocycles. The molecule has 0 fully saturated rings. The third-order valence-corrected chi connectivity index (χ3v) is 4.21. The van der Waals surface area contributed by atoms with Gasteiger partial charge in [-0.3, -0.25) is 4.79 Å². The van der Waals surface area contributed by atoms with Crippen molar-refractivity contribution in [2.75, 3.05) is 17.7 Å². The number of carbonyl (C=O) groups excluding carboxylic acids is 1. The van der Waals surface area contributed by atoms with E-state index < -0.39 is 11.7 Å². The van der Waals surface area contributed by atoms with Crippen LogP contribution in [0.25, 0.3) is 0 Å². The van der Waals surface area contributed by atoms with Crippen molar-refractivity contribution >= 4 is 17.4 Å². The molecule has 0 unspecified atom stereocenters. The molecule has 1 aromatic carbocycles. The van der Waals surface area contributed by atoms with Crippen LogP contribution in [-0.4, -0.2) is 17.5 Å². The van der Waals surface area contributed by atoms with Crippen molar-refractivity contribution in [2.24, 2.45) is 0 Å². The van der Waals surface area contributed by atoms with Gasteiger partial charge in [-0.2, -0.15) is 0 Å². The van der Waals surface area contributed by atoms with Gasteiger partial charge in [-0.1, -0.05) is 18.2 Å². The molecule has 0 bridgehead atoms. The number of unbranched alkanes of at least 4 members (excludes halogenated alkanes) is 2. The topological polar surface area (TPSA) is 77.2 Å². The number of anilines is 2. The summed E-state index contributed by atoms with van der Waals surface area (Å²) in [5, 5.41) is 2.55. The first-order valence-electron chi connectivity index (χ1n) is 9.01. The lowest BCUT2D eigenvalue weighted by atomic mass is 10.1. The molecule has 0 aliphatic rings. The largest absolute Gasteiger partial charge is 0.490 e. The van der Waals surface area contributed by atoms with E-state index >= 15 is 0 Å². The van der Waals surface area contributed by atoms with Gasteiger partial charge in [0.15, 0.2) is 11.6 Å². The molecular weight excluding hydrogens is 345 g/mol. The van der Waals surface area contributed by atoms with E-state index in [4.69, 9.17) is 10.5 Å². The molecule has 0 aliphatic carbocycles. The van der Waals surface area contributed by atoms with Crippen LogP contribution in [0.5, 0.6) is 5.75 Å². The lowest BCUT2D eigenvalue weighted by molar-refractivity contribution is 0.102. The Hall–Kier alpha value is -2.89. The lowest BCUT2D eigenvalue weighted by Crippen LogP contribution is -2.17. The number of hydrogen-bond donors (Lipinski definition) is 2. The summed E-state index contributed by atoms with van der Waals surface area (Å²) >= 11 is 0. The number of benzene rings is 1. The maximum absolute atomic E-state index is 14.6. The van der Waals surface area contributed by atoms with Crippen molar-refractivity contribution in [1.82, 2.24) is 4.98 Å².